The summed E-state index contributed by atoms with van der Waals surface area (Å²) in [5.41, 5.74) is 1.95. The zero-order valence-electron chi connectivity index (χ0n) is 15.4. The van der Waals surface area contributed by atoms with Crippen LogP contribution in [0.4, 0.5) is 5.69 Å². The smallest absolute Gasteiger partial charge is 0.227 e. The van der Waals surface area contributed by atoms with Crippen LogP contribution >= 0.6 is 23.4 Å². The molecule has 3 rings (SSSR count). The summed E-state index contributed by atoms with van der Waals surface area (Å²) >= 11 is 7.79. The molecule has 0 radical (unpaired) electrons. The summed E-state index contributed by atoms with van der Waals surface area (Å²) in [7, 11) is 0. The number of anilines is 1. The monoisotopic (exact) mass is 402 g/mol. The van der Waals surface area contributed by atoms with E-state index in [1.807, 2.05) is 60.4 Å². The molecule has 0 N–H and O–H groups in total. The fourth-order valence-electron chi connectivity index (χ4n) is 3.17. The van der Waals surface area contributed by atoms with Gasteiger partial charge in [-0.1, -0.05) is 35.9 Å². The average Bonchev–Trinajstić information content (AvgIpc) is 2.69. The molecule has 2 amide bonds. The van der Waals surface area contributed by atoms with Crippen LogP contribution in [0.5, 0.6) is 0 Å². The molecular formula is C21H23ClN2O2S. The highest BCUT2D eigenvalue weighted by Gasteiger charge is 2.23. The quantitative estimate of drug-likeness (QED) is 0.708. The van der Waals surface area contributed by atoms with E-state index >= 15 is 0 Å². The molecule has 2 aromatic rings. The molecule has 4 nitrogen and oxygen atoms in total. The van der Waals surface area contributed by atoms with E-state index in [0.29, 0.717) is 24.7 Å². The number of fused-ring (bicyclic) bond motifs is 1. The number of amides is 2. The first kappa shape index (κ1) is 19.8. The Morgan fingerprint density at radius 3 is 2.74 bits per heavy atom. The predicted octanol–water partition coefficient (Wildman–Crippen LogP) is 4.61. The van der Waals surface area contributed by atoms with Crippen LogP contribution in [0.3, 0.4) is 0 Å². The van der Waals surface area contributed by atoms with E-state index in [2.05, 4.69) is 0 Å². The lowest BCUT2D eigenvalue weighted by atomic mass is 10.2. The van der Waals surface area contributed by atoms with Gasteiger partial charge in [0.15, 0.2) is 0 Å². The summed E-state index contributed by atoms with van der Waals surface area (Å²) in [5.74, 6) is 0.882. The first-order chi connectivity index (χ1) is 13.1. The Hall–Kier alpha value is -1.98. The molecule has 0 fully saturated rings. The number of hydrogen-bond acceptors (Lipinski definition) is 3. The van der Waals surface area contributed by atoms with Crippen molar-refractivity contribution < 1.29 is 9.59 Å². The summed E-state index contributed by atoms with van der Waals surface area (Å²) in [4.78, 5) is 30.0. The molecular weight excluding hydrogens is 380 g/mol. The van der Waals surface area contributed by atoms with Gasteiger partial charge < -0.3 is 9.80 Å². The van der Waals surface area contributed by atoms with Gasteiger partial charge in [-0.25, -0.2) is 0 Å². The van der Waals surface area contributed by atoms with Crippen molar-refractivity contribution in [3.8, 4) is 0 Å². The molecule has 142 valence electrons. The van der Waals surface area contributed by atoms with E-state index in [1.165, 1.54) is 0 Å². The number of thioether (sulfide) groups is 1. The van der Waals surface area contributed by atoms with Gasteiger partial charge in [0, 0.05) is 48.1 Å². The van der Waals surface area contributed by atoms with Gasteiger partial charge in [0.2, 0.25) is 11.8 Å². The summed E-state index contributed by atoms with van der Waals surface area (Å²) in [6, 6.07) is 15.5. The second kappa shape index (κ2) is 9.29. The van der Waals surface area contributed by atoms with Crippen molar-refractivity contribution >= 4 is 40.9 Å². The Morgan fingerprint density at radius 2 is 1.96 bits per heavy atom. The highest BCUT2D eigenvalue weighted by Crippen LogP contribution is 2.34. The number of nitrogens with zero attached hydrogens (tertiary/aromatic N) is 2. The van der Waals surface area contributed by atoms with Crippen molar-refractivity contribution in [2.45, 2.75) is 31.2 Å². The molecule has 1 aliphatic heterocycles. The number of hydrogen-bond donors (Lipinski definition) is 0. The molecule has 2 aromatic carbocycles. The van der Waals surface area contributed by atoms with Crippen LogP contribution in [0, 0.1) is 0 Å². The van der Waals surface area contributed by atoms with E-state index in [4.69, 9.17) is 11.6 Å². The van der Waals surface area contributed by atoms with Gasteiger partial charge in [0.1, 0.15) is 0 Å². The van der Waals surface area contributed by atoms with E-state index in [-0.39, 0.29) is 24.7 Å². The van der Waals surface area contributed by atoms with E-state index in [9.17, 15) is 9.59 Å². The van der Waals surface area contributed by atoms with Crippen LogP contribution in [0.25, 0.3) is 0 Å². The Bertz CT molecular complexity index is 827. The van der Waals surface area contributed by atoms with Crippen molar-refractivity contribution in [3.05, 3.63) is 59.1 Å². The summed E-state index contributed by atoms with van der Waals surface area (Å²) in [6.45, 7) is 3.74. The Labute approximate surface area is 169 Å². The van der Waals surface area contributed by atoms with Crippen LogP contribution in [0.1, 0.15) is 25.3 Å². The normalized spacial score (nSPS) is 13.2. The van der Waals surface area contributed by atoms with Gasteiger partial charge in [-0.05, 0) is 36.8 Å². The second-order valence-electron chi connectivity index (χ2n) is 6.40. The van der Waals surface area contributed by atoms with Crippen LogP contribution in [-0.4, -0.2) is 35.6 Å². The fourth-order valence-corrected chi connectivity index (χ4v) is 4.38. The summed E-state index contributed by atoms with van der Waals surface area (Å²) in [6.07, 6.45) is 0.447. The minimum atomic E-state index is -0.00880. The maximum absolute atomic E-state index is 12.7. The number of carbonyl (C=O) groups excluding carboxylic acids is 2. The van der Waals surface area contributed by atoms with E-state index in [1.54, 1.807) is 16.7 Å². The highest BCUT2D eigenvalue weighted by atomic mass is 35.5. The van der Waals surface area contributed by atoms with Crippen molar-refractivity contribution in [2.75, 3.05) is 23.7 Å². The lowest BCUT2D eigenvalue weighted by Crippen LogP contribution is -2.37. The molecule has 0 saturated heterocycles. The number of rotatable bonds is 6. The molecule has 0 aromatic heterocycles. The average molecular weight is 403 g/mol. The van der Waals surface area contributed by atoms with Gasteiger partial charge in [-0.15, -0.1) is 11.8 Å². The zero-order chi connectivity index (χ0) is 19.2. The third-order valence-corrected chi connectivity index (χ3v) is 5.86. The number of halogens is 1. The maximum Gasteiger partial charge on any atom is 0.227 e. The number of para-hydroxylation sites is 1. The minimum Gasteiger partial charge on any atom is -0.339 e. The number of carbonyl (C=O) groups is 2. The predicted molar refractivity (Wildman–Crippen MR) is 111 cm³/mol. The maximum atomic E-state index is 12.7. The van der Waals surface area contributed by atoms with Crippen LogP contribution < -0.4 is 4.90 Å². The molecule has 0 spiro atoms. The van der Waals surface area contributed by atoms with Crippen LogP contribution in [0.2, 0.25) is 5.02 Å². The highest BCUT2D eigenvalue weighted by molar-refractivity contribution is 7.99. The number of benzene rings is 2. The largest absolute Gasteiger partial charge is 0.339 e. The third kappa shape index (κ3) is 5.05. The van der Waals surface area contributed by atoms with Gasteiger partial charge in [0.05, 0.1) is 5.69 Å². The first-order valence-electron chi connectivity index (χ1n) is 9.13. The van der Waals surface area contributed by atoms with Gasteiger partial charge in [-0.2, -0.15) is 0 Å². The molecule has 1 aliphatic rings. The Kier molecular flexibility index (Phi) is 6.80. The van der Waals surface area contributed by atoms with E-state index < -0.39 is 0 Å². The molecule has 1 heterocycles. The topological polar surface area (TPSA) is 40.6 Å². The lowest BCUT2D eigenvalue weighted by Gasteiger charge is -2.29. The van der Waals surface area contributed by atoms with E-state index in [0.717, 1.165) is 21.9 Å². The Morgan fingerprint density at radius 1 is 1.15 bits per heavy atom. The SMILES string of the molecule is CCN(Cc1cccc(Cl)c1)C(=O)CCC(=O)N1CCSc2ccccc21. The van der Waals surface area contributed by atoms with Gasteiger partial charge >= 0.3 is 0 Å². The lowest BCUT2D eigenvalue weighted by molar-refractivity contribution is -0.133. The molecule has 27 heavy (non-hydrogen) atoms. The first-order valence-corrected chi connectivity index (χ1v) is 10.5. The third-order valence-electron chi connectivity index (χ3n) is 4.58. The zero-order valence-corrected chi connectivity index (χ0v) is 16.9. The summed E-state index contributed by atoms with van der Waals surface area (Å²) in [5, 5.41) is 0.660. The molecule has 0 atom stereocenters. The van der Waals surface area contributed by atoms with Crippen molar-refractivity contribution in [1.82, 2.24) is 4.90 Å². The van der Waals surface area contributed by atoms with Crippen molar-refractivity contribution in [1.29, 1.82) is 0 Å². The molecule has 0 unspecified atom stereocenters. The molecule has 0 aliphatic carbocycles. The van der Waals surface area contributed by atoms with Gasteiger partial charge in [-0.3, -0.25) is 9.59 Å². The van der Waals surface area contributed by atoms with Crippen molar-refractivity contribution in [2.24, 2.45) is 0 Å². The van der Waals surface area contributed by atoms with Crippen LogP contribution in [0.15, 0.2) is 53.4 Å². The van der Waals surface area contributed by atoms with Gasteiger partial charge in [0.25, 0.3) is 0 Å². The van der Waals surface area contributed by atoms with Crippen LogP contribution in [-0.2, 0) is 16.1 Å². The standard InChI is InChI=1S/C21H23ClN2O2S/c1-2-23(15-16-6-5-7-17(22)14-16)20(25)10-11-21(26)24-12-13-27-19-9-4-3-8-18(19)24/h3-9,14H,2,10-13,15H2,1H3. The second-order valence-corrected chi connectivity index (χ2v) is 7.97. The van der Waals surface area contributed by atoms with Crippen molar-refractivity contribution in [3.63, 3.8) is 0 Å². The fraction of sp³-hybridized carbons (Fsp3) is 0.333. The molecule has 0 saturated carbocycles. The summed E-state index contributed by atoms with van der Waals surface area (Å²) < 4.78 is 0. The molecule has 0 bridgehead atoms. The molecule has 6 heteroatoms. The Balaban J connectivity index is 1.58. The minimum absolute atomic E-state index is 0.00880.